The molecule has 0 bridgehead atoms. The van der Waals surface area contributed by atoms with Gasteiger partial charge in [-0.2, -0.15) is 13.2 Å². The number of hydrogen-bond donors (Lipinski definition) is 1. The lowest BCUT2D eigenvalue weighted by atomic mass is 10.0. The van der Waals surface area contributed by atoms with Gasteiger partial charge in [0.05, 0.1) is 17.2 Å². The van der Waals surface area contributed by atoms with Crippen molar-refractivity contribution in [3.05, 3.63) is 47.4 Å². The molecule has 0 radical (unpaired) electrons. The van der Waals surface area contributed by atoms with Crippen LogP contribution in [0.4, 0.5) is 13.2 Å². The van der Waals surface area contributed by atoms with Crippen molar-refractivity contribution in [2.24, 2.45) is 0 Å². The molecule has 1 N–H and O–H groups in total. The Hall–Kier alpha value is -2.25. The third-order valence-corrected chi connectivity index (χ3v) is 4.93. The summed E-state index contributed by atoms with van der Waals surface area (Å²) >= 11 is 6.34. The Morgan fingerprint density at radius 2 is 2.04 bits per heavy atom. The Kier molecular flexibility index (Phi) is 4.31. The van der Waals surface area contributed by atoms with Crippen molar-refractivity contribution in [2.75, 3.05) is 6.54 Å². The van der Waals surface area contributed by atoms with Crippen LogP contribution < -0.4 is 5.43 Å². The molecule has 0 saturated carbocycles. The molecule has 4 rings (SSSR count). The van der Waals surface area contributed by atoms with Crippen LogP contribution in [-0.4, -0.2) is 33.3 Å². The van der Waals surface area contributed by atoms with Crippen LogP contribution in [0.1, 0.15) is 19.4 Å². The van der Waals surface area contributed by atoms with Crippen molar-refractivity contribution < 1.29 is 13.2 Å². The Balaban J connectivity index is 2.04. The molecule has 1 aliphatic rings. The van der Waals surface area contributed by atoms with Crippen LogP contribution in [-0.2, 0) is 6.54 Å². The van der Waals surface area contributed by atoms with E-state index in [9.17, 15) is 13.2 Å². The second-order valence-electron chi connectivity index (χ2n) is 6.93. The first-order valence-corrected chi connectivity index (χ1v) is 8.97. The summed E-state index contributed by atoms with van der Waals surface area (Å²) in [7, 11) is 0. The first-order chi connectivity index (χ1) is 12.7. The SMILES string of the molecule is CC(C)N1C=C(c2cc(Cl)cc3c4ccncc4n(CC(F)(F)F)c23)CN1. The second-order valence-corrected chi connectivity index (χ2v) is 7.37. The number of nitrogens with zero attached hydrogens (tertiary/aromatic N) is 3. The molecule has 0 spiro atoms. The summed E-state index contributed by atoms with van der Waals surface area (Å²) in [5.74, 6) is 0. The van der Waals surface area contributed by atoms with Crippen LogP contribution >= 0.6 is 11.6 Å². The van der Waals surface area contributed by atoms with Gasteiger partial charge in [0.2, 0.25) is 0 Å². The molecule has 3 heterocycles. The Labute approximate surface area is 159 Å². The maximum absolute atomic E-state index is 13.3. The van der Waals surface area contributed by atoms with Crippen molar-refractivity contribution in [2.45, 2.75) is 32.6 Å². The normalized spacial score (nSPS) is 15.4. The first-order valence-electron chi connectivity index (χ1n) is 8.60. The molecular weight excluding hydrogens is 377 g/mol. The fraction of sp³-hybridized carbons (Fsp3) is 0.316. The van der Waals surface area contributed by atoms with Gasteiger partial charge in [-0.15, -0.1) is 0 Å². The van der Waals surface area contributed by atoms with Crippen LogP contribution in [0.5, 0.6) is 0 Å². The number of hydrazine groups is 1. The van der Waals surface area contributed by atoms with Gasteiger partial charge >= 0.3 is 6.18 Å². The van der Waals surface area contributed by atoms with Gasteiger partial charge < -0.3 is 9.58 Å². The van der Waals surface area contributed by atoms with E-state index >= 15 is 0 Å². The molecule has 0 fully saturated rings. The Morgan fingerprint density at radius 1 is 1.26 bits per heavy atom. The van der Waals surface area contributed by atoms with E-state index in [0.29, 0.717) is 38.9 Å². The van der Waals surface area contributed by atoms with E-state index in [1.165, 1.54) is 10.8 Å². The van der Waals surface area contributed by atoms with Gasteiger partial charge in [0.1, 0.15) is 6.54 Å². The van der Waals surface area contributed by atoms with Crippen LogP contribution in [0, 0.1) is 0 Å². The number of hydrogen-bond acceptors (Lipinski definition) is 3. The van der Waals surface area contributed by atoms with Crippen LogP contribution in [0.15, 0.2) is 36.8 Å². The summed E-state index contributed by atoms with van der Waals surface area (Å²) in [5.41, 5.74) is 5.82. The lowest BCUT2D eigenvalue weighted by Crippen LogP contribution is -2.34. The Morgan fingerprint density at radius 3 is 2.70 bits per heavy atom. The zero-order chi connectivity index (χ0) is 19.3. The molecule has 27 heavy (non-hydrogen) atoms. The third-order valence-electron chi connectivity index (χ3n) is 4.71. The summed E-state index contributed by atoms with van der Waals surface area (Å²) in [6, 6.07) is 5.41. The van der Waals surface area contributed by atoms with Crippen LogP contribution in [0.2, 0.25) is 5.02 Å². The maximum Gasteiger partial charge on any atom is 0.406 e. The number of benzene rings is 1. The lowest BCUT2D eigenvalue weighted by Gasteiger charge is -2.19. The minimum Gasteiger partial charge on any atom is -0.330 e. The smallest absolute Gasteiger partial charge is 0.330 e. The predicted molar refractivity (Wildman–Crippen MR) is 101 cm³/mol. The van der Waals surface area contributed by atoms with E-state index in [0.717, 1.165) is 5.57 Å². The minimum absolute atomic E-state index is 0.224. The highest BCUT2D eigenvalue weighted by Crippen LogP contribution is 2.38. The molecule has 0 aliphatic carbocycles. The molecule has 1 aliphatic heterocycles. The fourth-order valence-corrected chi connectivity index (χ4v) is 3.78. The quantitative estimate of drug-likeness (QED) is 0.680. The van der Waals surface area contributed by atoms with E-state index in [1.54, 1.807) is 24.4 Å². The second kappa shape index (κ2) is 6.42. The van der Waals surface area contributed by atoms with E-state index in [-0.39, 0.29) is 6.04 Å². The standard InChI is InChI=1S/C19H18ClF3N4/c1-11(2)27-9-12(7-25-27)15-5-13(20)6-16-14-3-4-24-8-17(14)26(18(15)16)10-19(21,22)23/h3-6,8-9,11,25H,7,10H2,1-2H3. The molecule has 0 amide bonds. The van der Waals surface area contributed by atoms with Crippen molar-refractivity contribution in [1.29, 1.82) is 0 Å². The maximum atomic E-state index is 13.3. The zero-order valence-corrected chi connectivity index (χ0v) is 15.6. The monoisotopic (exact) mass is 394 g/mol. The summed E-state index contributed by atoms with van der Waals surface area (Å²) in [4.78, 5) is 4.03. The average molecular weight is 395 g/mol. The highest BCUT2D eigenvalue weighted by molar-refractivity contribution is 6.32. The molecule has 4 nitrogen and oxygen atoms in total. The summed E-state index contributed by atoms with van der Waals surface area (Å²) in [6.07, 6.45) is 0.638. The predicted octanol–water partition coefficient (Wildman–Crippen LogP) is 4.97. The average Bonchev–Trinajstić information content (AvgIpc) is 3.18. The molecule has 0 saturated heterocycles. The highest BCUT2D eigenvalue weighted by Gasteiger charge is 2.31. The number of aromatic nitrogens is 2. The summed E-state index contributed by atoms with van der Waals surface area (Å²) in [5, 5.41) is 3.84. The summed E-state index contributed by atoms with van der Waals surface area (Å²) < 4.78 is 41.3. The lowest BCUT2D eigenvalue weighted by molar-refractivity contribution is -0.139. The van der Waals surface area contributed by atoms with E-state index in [1.807, 2.05) is 25.1 Å². The molecule has 8 heteroatoms. The van der Waals surface area contributed by atoms with Gasteiger partial charge in [-0.05, 0) is 37.6 Å². The molecule has 1 aromatic carbocycles. The van der Waals surface area contributed by atoms with Gasteiger partial charge in [0.15, 0.2) is 0 Å². The van der Waals surface area contributed by atoms with Gasteiger partial charge in [-0.25, -0.2) is 5.43 Å². The van der Waals surface area contributed by atoms with E-state index in [2.05, 4.69) is 10.4 Å². The largest absolute Gasteiger partial charge is 0.406 e. The number of halogens is 4. The fourth-order valence-electron chi connectivity index (χ4n) is 3.57. The minimum atomic E-state index is -4.35. The van der Waals surface area contributed by atoms with Crippen LogP contribution in [0.3, 0.4) is 0 Å². The number of alkyl halides is 3. The van der Waals surface area contributed by atoms with Gasteiger partial charge in [0, 0.05) is 46.3 Å². The van der Waals surface area contributed by atoms with Crippen molar-refractivity contribution in [3.63, 3.8) is 0 Å². The Bertz CT molecular complexity index is 1050. The van der Waals surface area contributed by atoms with Gasteiger partial charge in [-0.1, -0.05) is 11.6 Å². The molecule has 0 unspecified atom stereocenters. The molecular formula is C19H18ClF3N4. The number of pyridine rings is 1. The van der Waals surface area contributed by atoms with Crippen LogP contribution in [0.25, 0.3) is 27.4 Å². The number of nitrogens with one attached hydrogen (secondary N) is 1. The molecule has 142 valence electrons. The first kappa shape index (κ1) is 18.1. The van der Waals surface area contributed by atoms with Crippen molar-refractivity contribution in [1.82, 2.24) is 20.0 Å². The zero-order valence-electron chi connectivity index (χ0n) is 14.8. The van der Waals surface area contributed by atoms with Crippen molar-refractivity contribution in [3.8, 4) is 0 Å². The van der Waals surface area contributed by atoms with E-state index < -0.39 is 12.7 Å². The topological polar surface area (TPSA) is 33.1 Å². The number of rotatable bonds is 3. The van der Waals surface area contributed by atoms with Crippen molar-refractivity contribution >= 4 is 39.0 Å². The number of fused-ring (bicyclic) bond motifs is 3. The molecule has 2 aromatic heterocycles. The third kappa shape index (κ3) is 3.26. The highest BCUT2D eigenvalue weighted by atomic mass is 35.5. The van der Waals surface area contributed by atoms with Gasteiger partial charge in [0.25, 0.3) is 0 Å². The summed E-state index contributed by atoms with van der Waals surface area (Å²) in [6.45, 7) is 3.51. The molecule has 0 atom stereocenters. The van der Waals surface area contributed by atoms with E-state index in [4.69, 9.17) is 11.6 Å². The molecule has 3 aromatic rings. The van der Waals surface area contributed by atoms with Gasteiger partial charge in [-0.3, -0.25) is 4.98 Å².